The molecule has 0 fully saturated rings. The normalized spacial score (nSPS) is 11.3. The van der Waals surface area contributed by atoms with Crippen LogP contribution in [0.25, 0.3) is 0 Å². The fraction of sp³-hybridized carbons (Fsp3) is 0.130. The molecule has 0 radical (unpaired) electrons. The number of alkyl halides is 3. The fourth-order valence-electron chi connectivity index (χ4n) is 2.99. The molecule has 3 rings (SSSR count). The largest absolute Gasteiger partial charge is 0.493 e. The van der Waals surface area contributed by atoms with Crippen LogP contribution in [0.1, 0.15) is 21.5 Å². The topological polar surface area (TPSA) is 112 Å². The van der Waals surface area contributed by atoms with Gasteiger partial charge in [-0.05, 0) is 48.0 Å². The summed E-state index contributed by atoms with van der Waals surface area (Å²) in [6.07, 6.45) is -3.56. The molecule has 0 bridgehead atoms. The van der Waals surface area contributed by atoms with E-state index in [2.05, 4.69) is 10.5 Å². The molecule has 0 aliphatic carbocycles. The quantitative estimate of drug-likeness (QED) is 0.192. The first-order valence-corrected chi connectivity index (χ1v) is 10.8. The lowest BCUT2D eigenvalue weighted by Gasteiger charge is -2.12. The van der Waals surface area contributed by atoms with E-state index in [1.807, 2.05) is 0 Å². The minimum atomic E-state index is -4.78. The highest BCUT2D eigenvalue weighted by atomic mass is 35.5. The third-order valence-electron chi connectivity index (χ3n) is 4.74. The van der Waals surface area contributed by atoms with Crippen molar-refractivity contribution in [2.75, 3.05) is 14.2 Å². The highest BCUT2D eigenvalue weighted by Crippen LogP contribution is 2.42. The summed E-state index contributed by atoms with van der Waals surface area (Å²) in [6, 6.07) is 8.95. The van der Waals surface area contributed by atoms with Gasteiger partial charge in [-0.1, -0.05) is 23.2 Å². The third kappa shape index (κ3) is 6.60. The van der Waals surface area contributed by atoms with Gasteiger partial charge in [0.05, 0.1) is 41.0 Å². The molecule has 3 aromatic carbocycles. The molecule has 0 spiro atoms. The van der Waals surface area contributed by atoms with Gasteiger partial charge in [-0.3, -0.25) is 14.9 Å². The standard InChI is InChI=1S/C23H16Cl2F3N3O6/c1-35-19-5-3-13(9-20(19)36-2)22(32)30-29-11-12-7-15(24)21(16(25)8-12)37-18-6-4-14(23(26,27)28)10-17(18)31(33)34/h3-11H,1-2H3,(H,30,32)/b29-11+. The molecule has 1 N–H and O–H groups in total. The molecule has 194 valence electrons. The Balaban J connectivity index is 1.78. The zero-order chi connectivity index (χ0) is 27.3. The Morgan fingerprint density at radius 3 is 2.19 bits per heavy atom. The maximum atomic E-state index is 12.9. The molecule has 0 aliphatic heterocycles. The van der Waals surface area contributed by atoms with Gasteiger partial charge in [-0.15, -0.1) is 0 Å². The molecule has 0 saturated heterocycles. The van der Waals surface area contributed by atoms with Crippen LogP contribution in [0.3, 0.4) is 0 Å². The van der Waals surface area contributed by atoms with Crippen LogP contribution in [0, 0.1) is 10.1 Å². The number of benzene rings is 3. The lowest BCUT2D eigenvalue weighted by atomic mass is 10.2. The summed E-state index contributed by atoms with van der Waals surface area (Å²) in [5.41, 5.74) is 0.734. The van der Waals surface area contributed by atoms with Crippen molar-refractivity contribution >= 4 is 41.0 Å². The first-order chi connectivity index (χ1) is 17.4. The van der Waals surface area contributed by atoms with Crippen LogP contribution in [0.4, 0.5) is 18.9 Å². The molecule has 37 heavy (non-hydrogen) atoms. The zero-order valence-corrected chi connectivity index (χ0v) is 20.4. The van der Waals surface area contributed by atoms with Gasteiger partial charge in [0.2, 0.25) is 5.75 Å². The van der Waals surface area contributed by atoms with Crippen LogP contribution in [0.2, 0.25) is 10.0 Å². The lowest BCUT2D eigenvalue weighted by molar-refractivity contribution is -0.385. The second kappa shape index (κ2) is 11.4. The van der Waals surface area contributed by atoms with Gasteiger partial charge in [0, 0.05) is 11.6 Å². The van der Waals surface area contributed by atoms with Crippen molar-refractivity contribution in [3.63, 3.8) is 0 Å². The van der Waals surface area contributed by atoms with Gasteiger partial charge in [-0.2, -0.15) is 18.3 Å². The molecule has 14 heteroatoms. The van der Waals surface area contributed by atoms with Crippen molar-refractivity contribution < 1.29 is 37.1 Å². The third-order valence-corrected chi connectivity index (χ3v) is 5.30. The SMILES string of the molecule is COc1ccc(C(=O)N/N=C/c2cc(Cl)c(Oc3ccc(C(F)(F)F)cc3[N+](=O)[O-])c(Cl)c2)cc1OC. The Morgan fingerprint density at radius 2 is 1.62 bits per heavy atom. The van der Waals surface area contributed by atoms with E-state index in [9.17, 15) is 28.1 Å². The van der Waals surface area contributed by atoms with E-state index in [0.29, 0.717) is 29.2 Å². The maximum absolute atomic E-state index is 12.9. The maximum Gasteiger partial charge on any atom is 0.416 e. The van der Waals surface area contributed by atoms with Crippen LogP contribution >= 0.6 is 23.2 Å². The average molecular weight is 558 g/mol. The molecular formula is C23H16Cl2F3N3O6. The number of nitrogens with zero attached hydrogens (tertiary/aromatic N) is 2. The minimum Gasteiger partial charge on any atom is -0.493 e. The number of nitro groups is 1. The number of hydrogen-bond acceptors (Lipinski definition) is 7. The predicted octanol–water partition coefficient (Wildman–Crippen LogP) is 6.49. The number of nitrogens with one attached hydrogen (secondary N) is 1. The second-order valence-corrected chi connectivity index (χ2v) is 7.94. The smallest absolute Gasteiger partial charge is 0.416 e. The van der Waals surface area contributed by atoms with E-state index in [-0.39, 0.29) is 21.4 Å². The van der Waals surface area contributed by atoms with Crippen molar-refractivity contribution in [1.82, 2.24) is 5.43 Å². The zero-order valence-electron chi connectivity index (χ0n) is 18.9. The Hall–Kier alpha value is -4.03. The van der Waals surface area contributed by atoms with E-state index < -0.39 is 34.0 Å². The van der Waals surface area contributed by atoms with E-state index in [1.165, 1.54) is 44.7 Å². The second-order valence-electron chi connectivity index (χ2n) is 7.12. The van der Waals surface area contributed by atoms with Crippen LogP contribution < -0.4 is 19.6 Å². The van der Waals surface area contributed by atoms with Crippen molar-refractivity contribution in [1.29, 1.82) is 0 Å². The number of methoxy groups -OCH3 is 2. The number of carbonyl (C=O) groups excluding carboxylic acids is 1. The van der Waals surface area contributed by atoms with Crippen LogP contribution in [-0.4, -0.2) is 31.3 Å². The monoisotopic (exact) mass is 557 g/mol. The minimum absolute atomic E-state index is 0.116. The number of nitro benzene ring substituents is 1. The highest BCUT2D eigenvalue weighted by Gasteiger charge is 2.33. The van der Waals surface area contributed by atoms with Crippen molar-refractivity contribution in [2.45, 2.75) is 6.18 Å². The Kier molecular flexibility index (Phi) is 8.46. The highest BCUT2D eigenvalue weighted by molar-refractivity contribution is 6.37. The van der Waals surface area contributed by atoms with Crippen molar-refractivity contribution in [2.24, 2.45) is 5.10 Å². The van der Waals surface area contributed by atoms with Gasteiger partial charge in [0.1, 0.15) is 0 Å². The molecule has 0 saturated carbocycles. The van der Waals surface area contributed by atoms with E-state index >= 15 is 0 Å². The Labute approximate surface area is 217 Å². The van der Waals surface area contributed by atoms with E-state index in [4.69, 9.17) is 37.4 Å². The van der Waals surface area contributed by atoms with Gasteiger partial charge in [0.15, 0.2) is 17.2 Å². The lowest BCUT2D eigenvalue weighted by Crippen LogP contribution is -2.17. The number of amides is 1. The number of ether oxygens (including phenoxy) is 3. The molecular weight excluding hydrogens is 542 g/mol. The van der Waals surface area contributed by atoms with E-state index in [1.54, 1.807) is 6.07 Å². The number of hydrazone groups is 1. The number of carbonyl (C=O) groups is 1. The van der Waals surface area contributed by atoms with Crippen molar-refractivity contribution in [3.8, 4) is 23.0 Å². The summed E-state index contributed by atoms with van der Waals surface area (Å²) in [6.45, 7) is 0. The number of hydrogen-bond donors (Lipinski definition) is 1. The first-order valence-electron chi connectivity index (χ1n) is 10.0. The number of halogens is 5. The van der Waals surface area contributed by atoms with Gasteiger partial charge < -0.3 is 14.2 Å². The molecule has 3 aromatic rings. The summed E-state index contributed by atoms with van der Waals surface area (Å²) in [5, 5.41) is 14.9. The summed E-state index contributed by atoms with van der Waals surface area (Å²) < 4.78 is 54.4. The summed E-state index contributed by atoms with van der Waals surface area (Å²) in [5.74, 6) is -0.482. The van der Waals surface area contributed by atoms with Crippen LogP contribution in [0.15, 0.2) is 53.6 Å². The fourth-order valence-corrected chi connectivity index (χ4v) is 3.57. The van der Waals surface area contributed by atoms with Gasteiger partial charge in [-0.25, -0.2) is 5.43 Å². The Bertz CT molecular complexity index is 1360. The molecule has 9 nitrogen and oxygen atoms in total. The molecule has 0 unspecified atom stereocenters. The molecule has 0 heterocycles. The van der Waals surface area contributed by atoms with Crippen molar-refractivity contribution in [3.05, 3.63) is 85.4 Å². The Morgan fingerprint density at radius 1 is 1.00 bits per heavy atom. The van der Waals surface area contributed by atoms with E-state index in [0.717, 1.165) is 6.07 Å². The molecule has 0 aromatic heterocycles. The molecule has 1 amide bonds. The van der Waals surface area contributed by atoms with Crippen LogP contribution in [0.5, 0.6) is 23.0 Å². The molecule has 0 aliphatic rings. The van der Waals surface area contributed by atoms with Crippen LogP contribution in [-0.2, 0) is 6.18 Å². The first kappa shape index (κ1) is 27.6. The summed E-state index contributed by atoms with van der Waals surface area (Å²) in [4.78, 5) is 22.6. The average Bonchev–Trinajstić information content (AvgIpc) is 2.85. The number of rotatable bonds is 8. The predicted molar refractivity (Wildman–Crippen MR) is 129 cm³/mol. The summed E-state index contributed by atoms with van der Waals surface area (Å²) >= 11 is 12.4. The van der Waals surface area contributed by atoms with Gasteiger partial charge >= 0.3 is 11.9 Å². The molecule has 0 atom stereocenters. The summed E-state index contributed by atoms with van der Waals surface area (Å²) in [7, 11) is 2.88. The van der Waals surface area contributed by atoms with Gasteiger partial charge in [0.25, 0.3) is 5.91 Å².